The molecule has 0 bridgehead atoms. The molecule has 1 fully saturated rings. The predicted molar refractivity (Wildman–Crippen MR) is 87.8 cm³/mol. The van der Waals surface area contributed by atoms with Crippen LogP contribution in [0.4, 0.5) is 0 Å². The van der Waals surface area contributed by atoms with E-state index < -0.39 is 12.1 Å². The average molecular weight is 360 g/mol. The van der Waals surface area contributed by atoms with Crippen molar-refractivity contribution in [1.82, 2.24) is 5.32 Å². The number of ether oxygens (including phenoxy) is 2. The van der Waals surface area contributed by atoms with Crippen molar-refractivity contribution < 1.29 is 19.1 Å². The van der Waals surface area contributed by atoms with Crippen molar-refractivity contribution in [2.75, 3.05) is 6.61 Å². The molecule has 1 aromatic carbocycles. The average Bonchev–Trinajstić information content (AvgIpc) is 3.32. The first kappa shape index (κ1) is 17.9. The minimum Gasteiger partial charge on any atom is -0.477 e. The number of rotatable bonds is 7. The van der Waals surface area contributed by atoms with Crippen LogP contribution in [0.25, 0.3) is 0 Å². The Bertz CT molecular complexity index is 589. The van der Waals surface area contributed by atoms with E-state index in [1.54, 1.807) is 12.1 Å². The summed E-state index contributed by atoms with van der Waals surface area (Å²) < 4.78 is 10.4. The summed E-state index contributed by atoms with van der Waals surface area (Å²) in [6.45, 7) is 3.15. The van der Waals surface area contributed by atoms with Crippen LogP contribution in [0.3, 0.4) is 0 Å². The van der Waals surface area contributed by atoms with Gasteiger partial charge in [0.15, 0.2) is 12.7 Å². The highest BCUT2D eigenvalue weighted by atomic mass is 35.5. The second kappa shape index (κ2) is 7.88. The van der Waals surface area contributed by atoms with Gasteiger partial charge in [-0.25, -0.2) is 4.79 Å². The van der Waals surface area contributed by atoms with Crippen molar-refractivity contribution in [3.8, 4) is 5.75 Å². The lowest BCUT2D eigenvalue weighted by atomic mass is 10.2. The van der Waals surface area contributed by atoms with Gasteiger partial charge in [-0.3, -0.25) is 4.79 Å². The van der Waals surface area contributed by atoms with Crippen molar-refractivity contribution in [2.24, 2.45) is 5.92 Å². The fourth-order valence-electron chi connectivity index (χ4n) is 2.07. The fourth-order valence-corrected chi connectivity index (χ4v) is 2.53. The number of benzene rings is 1. The summed E-state index contributed by atoms with van der Waals surface area (Å²) in [7, 11) is 0. The van der Waals surface area contributed by atoms with E-state index in [-0.39, 0.29) is 18.6 Å². The first-order valence-electron chi connectivity index (χ1n) is 7.44. The molecule has 0 aliphatic heterocycles. The number of esters is 1. The molecule has 23 heavy (non-hydrogen) atoms. The van der Waals surface area contributed by atoms with Crippen LogP contribution in [-0.2, 0) is 14.3 Å². The Kier molecular flexibility index (Phi) is 6.13. The highest BCUT2D eigenvalue weighted by Crippen LogP contribution is 2.32. The molecule has 5 nitrogen and oxygen atoms in total. The lowest BCUT2D eigenvalue weighted by Gasteiger charge is -2.16. The van der Waals surface area contributed by atoms with Gasteiger partial charge in [0, 0.05) is 11.1 Å². The van der Waals surface area contributed by atoms with E-state index in [2.05, 4.69) is 5.32 Å². The van der Waals surface area contributed by atoms with Crippen molar-refractivity contribution in [2.45, 2.75) is 38.8 Å². The van der Waals surface area contributed by atoms with Gasteiger partial charge in [0.25, 0.3) is 5.91 Å². The van der Waals surface area contributed by atoms with Crippen LogP contribution in [0.15, 0.2) is 18.2 Å². The second-order valence-electron chi connectivity index (χ2n) is 5.64. The van der Waals surface area contributed by atoms with Gasteiger partial charge in [-0.05, 0) is 50.8 Å². The molecule has 1 aromatic rings. The molecule has 0 radical (unpaired) electrons. The fraction of sp³-hybridized carbons (Fsp3) is 0.500. The molecule has 1 amide bonds. The van der Waals surface area contributed by atoms with Crippen LogP contribution < -0.4 is 10.1 Å². The number of hydrogen-bond donors (Lipinski definition) is 1. The number of amides is 1. The van der Waals surface area contributed by atoms with Gasteiger partial charge in [-0.15, -0.1) is 0 Å². The van der Waals surface area contributed by atoms with Crippen LogP contribution in [0.1, 0.15) is 26.7 Å². The molecule has 0 saturated heterocycles. The maximum absolute atomic E-state index is 11.9. The normalized spacial score (nSPS) is 16.3. The number of carbonyl (C=O) groups is 2. The first-order valence-corrected chi connectivity index (χ1v) is 8.20. The molecular weight excluding hydrogens is 341 g/mol. The van der Waals surface area contributed by atoms with Crippen molar-refractivity contribution in [3.05, 3.63) is 28.2 Å². The largest absolute Gasteiger partial charge is 0.477 e. The minimum absolute atomic E-state index is 0.114. The van der Waals surface area contributed by atoms with Gasteiger partial charge < -0.3 is 14.8 Å². The van der Waals surface area contributed by atoms with E-state index in [0.717, 1.165) is 12.8 Å². The summed E-state index contributed by atoms with van der Waals surface area (Å²) >= 11 is 11.8. The van der Waals surface area contributed by atoms with E-state index in [1.165, 1.54) is 13.0 Å². The van der Waals surface area contributed by atoms with Gasteiger partial charge >= 0.3 is 5.97 Å². The SMILES string of the molecule is C[C@@H](Oc1ccc(Cl)cc1Cl)C(=O)OCC(=O)N[C@H](C)C1CC1. The Morgan fingerprint density at radius 1 is 1.30 bits per heavy atom. The summed E-state index contributed by atoms with van der Waals surface area (Å²) in [6, 6.07) is 4.80. The summed E-state index contributed by atoms with van der Waals surface area (Å²) in [5.74, 6) is -0.0732. The lowest BCUT2D eigenvalue weighted by Crippen LogP contribution is -2.38. The van der Waals surface area contributed by atoms with Gasteiger partial charge in [-0.1, -0.05) is 23.2 Å². The topological polar surface area (TPSA) is 64.6 Å². The van der Waals surface area contributed by atoms with E-state index >= 15 is 0 Å². The Morgan fingerprint density at radius 2 is 2.00 bits per heavy atom. The molecule has 1 aliphatic carbocycles. The standard InChI is InChI=1S/C16H19Cl2NO4/c1-9(11-3-4-11)19-15(20)8-22-16(21)10(2)23-14-6-5-12(17)7-13(14)18/h5-7,9-11H,3-4,8H2,1-2H3,(H,19,20)/t9-,10-/m1/s1. The maximum Gasteiger partial charge on any atom is 0.347 e. The number of halogens is 2. The van der Waals surface area contributed by atoms with E-state index in [0.29, 0.717) is 21.7 Å². The summed E-state index contributed by atoms with van der Waals surface area (Å²) in [4.78, 5) is 23.6. The molecule has 126 valence electrons. The third kappa shape index (κ3) is 5.59. The molecule has 0 spiro atoms. The molecule has 7 heteroatoms. The molecule has 0 aromatic heterocycles. The first-order chi connectivity index (χ1) is 10.9. The Labute approximate surface area is 145 Å². The van der Waals surface area contributed by atoms with E-state index in [9.17, 15) is 9.59 Å². The van der Waals surface area contributed by atoms with Crippen LogP contribution >= 0.6 is 23.2 Å². The third-order valence-electron chi connectivity index (χ3n) is 3.59. The summed E-state index contributed by atoms with van der Waals surface area (Å²) in [5.41, 5.74) is 0. The molecule has 0 heterocycles. The zero-order valence-electron chi connectivity index (χ0n) is 13.0. The van der Waals surface area contributed by atoms with Gasteiger partial charge in [-0.2, -0.15) is 0 Å². The molecule has 2 atom stereocenters. The smallest absolute Gasteiger partial charge is 0.347 e. The van der Waals surface area contributed by atoms with E-state index in [1.807, 2.05) is 6.92 Å². The van der Waals surface area contributed by atoms with Crippen LogP contribution in [-0.4, -0.2) is 30.6 Å². The zero-order chi connectivity index (χ0) is 17.0. The van der Waals surface area contributed by atoms with Crippen LogP contribution in [0.2, 0.25) is 10.0 Å². The van der Waals surface area contributed by atoms with Gasteiger partial charge in [0.05, 0.1) is 5.02 Å². The minimum atomic E-state index is -0.887. The molecule has 1 aliphatic rings. The molecule has 2 rings (SSSR count). The Morgan fingerprint density at radius 3 is 2.61 bits per heavy atom. The Balaban J connectivity index is 1.76. The van der Waals surface area contributed by atoms with Crippen LogP contribution in [0.5, 0.6) is 5.75 Å². The quantitative estimate of drug-likeness (QED) is 0.759. The number of carbonyl (C=O) groups excluding carboxylic acids is 2. The van der Waals surface area contributed by atoms with Crippen molar-refractivity contribution in [1.29, 1.82) is 0 Å². The van der Waals surface area contributed by atoms with Crippen molar-refractivity contribution in [3.63, 3.8) is 0 Å². The van der Waals surface area contributed by atoms with Crippen molar-refractivity contribution >= 4 is 35.1 Å². The molecule has 0 unspecified atom stereocenters. The highest BCUT2D eigenvalue weighted by Gasteiger charge is 2.29. The highest BCUT2D eigenvalue weighted by molar-refractivity contribution is 6.35. The maximum atomic E-state index is 11.9. The molecule has 1 N–H and O–H groups in total. The summed E-state index contributed by atoms with van der Waals surface area (Å²) in [6.07, 6.45) is 1.38. The monoisotopic (exact) mass is 359 g/mol. The molecular formula is C16H19Cl2NO4. The lowest BCUT2D eigenvalue weighted by molar-refractivity contribution is -0.154. The molecule has 1 saturated carbocycles. The van der Waals surface area contributed by atoms with E-state index in [4.69, 9.17) is 32.7 Å². The Hall–Kier alpha value is -1.46. The summed E-state index contributed by atoms with van der Waals surface area (Å²) in [5, 5.41) is 3.58. The number of nitrogens with one attached hydrogen (secondary N) is 1. The predicted octanol–water partition coefficient (Wildman–Crippen LogP) is 3.22. The zero-order valence-corrected chi connectivity index (χ0v) is 14.5. The van der Waals surface area contributed by atoms with Crippen LogP contribution in [0, 0.1) is 5.92 Å². The third-order valence-corrected chi connectivity index (χ3v) is 4.12. The van der Waals surface area contributed by atoms with Gasteiger partial charge in [0.1, 0.15) is 5.75 Å². The number of hydrogen-bond acceptors (Lipinski definition) is 4. The second-order valence-corrected chi connectivity index (χ2v) is 6.48. The van der Waals surface area contributed by atoms with Gasteiger partial charge in [0.2, 0.25) is 0 Å².